The van der Waals surface area contributed by atoms with Gasteiger partial charge in [0.25, 0.3) is 0 Å². The first-order chi connectivity index (χ1) is 7.68. The number of hydrogen-bond donors (Lipinski definition) is 0. The Kier molecular flexibility index (Phi) is 7.17. The second-order valence-electron chi connectivity index (χ2n) is 4.42. The van der Waals surface area contributed by atoms with Crippen LogP contribution in [-0.4, -0.2) is 18.6 Å². The molecule has 0 bridgehead atoms. The first-order valence-corrected chi connectivity index (χ1v) is 6.54. The molecule has 1 aromatic heterocycles. The van der Waals surface area contributed by atoms with Crippen LogP contribution in [0.4, 0.5) is 0 Å². The van der Waals surface area contributed by atoms with Gasteiger partial charge in [0.05, 0.1) is 7.85 Å². The quantitative estimate of drug-likeness (QED) is 0.462. The van der Waals surface area contributed by atoms with Crippen molar-refractivity contribution >= 4 is 31.0 Å². The van der Waals surface area contributed by atoms with Crippen molar-refractivity contribution in [3.05, 3.63) is 24.2 Å². The van der Waals surface area contributed by atoms with Gasteiger partial charge in [0.1, 0.15) is 0 Å². The summed E-state index contributed by atoms with van der Waals surface area (Å²) in [5.41, 5.74) is 0. The third-order valence-electron chi connectivity index (χ3n) is 3.31. The summed E-state index contributed by atoms with van der Waals surface area (Å²) in [5, 5.41) is 0.158. The zero-order valence-corrected chi connectivity index (χ0v) is 14.0. The molecular weight excluding hydrogens is 331 g/mol. The minimum Gasteiger partial charge on any atom is -0.596 e. The molecule has 0 aromatic carbocycles. The van der Waals surface area contributed by atoms with Crippen LogP contribution in [0.15, 0.2) is 16.5 Å². The zero-order chi connectivity index (χ0) is 11.5. The molecule has 1 nitrogen and oxygen atoms in total. The number of hydrogen-bond acceptors (Lipinski definition) is 1. The first kappa shape index (κ1) is 16.1. The monoisotopic (exact) mass is 344 g/mol. The van der Waals surface area contributed by atoms with E-state index in [4.69, 9.17) is 35.5 Å². The van der Waals surface area contributed by atoms with E-state index in [1.807, 2.05) is 6.07 Å². The van der Waals surface area contributed by atoms with E-state index in [1.165, 1.54) is 0 Å². The van der Waals surface area contributed by atoms with Crippen molar-refractivity contribution < 1.29 is 37.1 Å². The molecule has 89 valence electrons. The van der Waals surface area contributed by atoms with Gasteiger partial charge < -0.3 is 4.42 Å². The maximum absolute atomic E-state index is 6.23. The molecule has 1 fully saturated rings. The molecule has 4 atom stereocenters. The van der Waals surface area contributed by atoms with E-state index >= 15 is 0 Å². The Morgan fingerprint density at radius 1 is 1.41 bits per heavy atom. The van der Waals surface area contributed by atoms with E-state index in [0.29, 0.717) is 5.92 Å². The van der Waals surface area contributed by atoms with Crippen LogP contribution in [0.1, 0.15) is 25.0 Å². The first-order valence-electron chi connectivity index (χ1n) is 5.67. The van der Waals surface area contributed by atoms with Crippen molar-refractivity contribution in [2.24, 2.45) is 5.92 Å². The molecule has 0 spiro atoms. The normalized spacial score (nSPS) is 32.4. The average Bonchev–Trinajstić information content (AvgIpc) is 2.82. The summed E-state index contributed by atoms with van der Waals surface area (Å²) < 4.78 is 5.16. The molecule has 0 saturated heterocycles. The largest absolute Gasteiger partial charge is 0.596 e. The van der Waals surface area contributed by atoms with Crippen LogP contribution < -0.4 is 0 Å². The third-order valence-corrected chi connectivity index (χ3v) is 4.29. The molecular formula is C12H14BCl2OY-. The molecule has 4 unspecified atom stereocenters. The van der Waals surface area contributed by atoms with E-state index in [-0.39, 0.29) is 49.3 Å². The topological polar surface area (TPSA) is 13.1 Å². The maximum Gasteiger partial charge on any atom is 0.0724 e. The smallest absolute Gasteiger partial charge is 0.0724 e. The van der Waals surface area contributed by atoms with Crippen LogP contribution in [0.5, 0.6) is 0 Å². The van der Waals surface area contributed by atoms with Crippen molar-refractivity contribution in [3.63, 3.8) is 0 Å². The molecule has 3 radical (unpaired) electrons. The number of alkyl halides is 2. The molecule has 0 N–H and O–H groups in total. The molecule has 0 amide bonds. The average molecular weight is 345 g/mol. The van der Waals surface area contributed by atoms with E-state index in [2.05, 4.69) is 6.26 Å². The third kappa shape index (κ3) is 4.27. The number of rotatable bonds is 4. The van der Waals surface area contributed by atoms with E-state index in [1.54, 1.807) is 6.07 Å². The van der Waals surface area contributed by atoms with Gasteiger partial charge in [-0.25, -0.2) is 0 Å². The Morgan fingerprint density at radius 3 is 2.71 bits per heavy atom. The van der Waals surface area contributed by atoms with Crippen molar-refractivity contribution in [1.82, 2.24) is 0 Å². The van der Waals surface area contributed by atoms with Crippen LogP contribution in [-0.2, 0) is 39.1 Å². The van der Waals surface area contributed by atoms with Crippen LogP contribution in [0.25, 0.3) is 0 Å². The summed E-state index contributed by atoms with van der Waals surface area (Å²) in [6.07, 6.45) is 6.48. The van der Waals surface area contributed by atoms with Crippen LogP contribution in [0, 0.1) is 12.2 Å². The summed E-state index contributed by atoms with van der Waals surface area (Å²) in [6.45, 7) is 0. The summed E-state index contributed by atoms with van der Waals surface area (Å²) in [5.74, 6) is 1.34. The maximum atomic E-state index is 6.23. The second-order valence-corrected chi connectivity index (χ2v) is 5.54. The van der Waals surface area contributed by atoms with E-state index < -0.39 is 0 Å². The molecule has 17 heavy (non-hydrogen) atoms. The fraction of sp³-hybridized carbons (Fsp3) is 0.667. The van der Waals surface area contributed by atoms with Gasteiger partial charge >= 0.3 is 0 Å². The van der Waals surface area contributed by atoms with Crippen LogP contribution in [0.2, 0.25) is 5.82 Å². The molecule has 2 rings (SSSR count). The predicted molar refractivity (Wildman–Crippen MR) is 67.4 cm³/mol. The molecule has 1 aliphatic carbocycles. The van der Waals surface area contributed by atoms with Gasteiger partial charge in [0.2, 0.25) is 0 Å². The second kappa shape index (κ2) is 7.58. The minimum atomic E-state index is 0. The van der Waals surface area contributed by atoms with Gasteiger partial charge in [-0.1, -0.05) is 30.8 Å². The van der Waals surface area contributed by atoms with Gasteiger partial charge in [-0.3, -0.25) is 0 Å². The number of aryl methyl sites for hydroxylation is 1. The van der Waals surface area contributed by atoms with Crippen molar-refractivity contribution in [3.8, 4) is 0 Å². The van der Waals surface area contributed by atoms with Crippen molar-refractivity contribution in [2.45, 2.75) is 42.3 Å². The van der Waals surface area contributed by atoms with Crippen molar-refractivity contribution in [1.29, 1.82) is 0 Å². The number of halogens is 2. The van der Waals surface area contributed by atoms with Gasteiger partial charge in [0.15, 0.2) is 0 Å². The molecule has 5 heteroatoms. The van der Waals surface area contributed by atoms with E-state index in [0.717, 1.165) is 31.4 Å². The Balaban J connectivity index is 0.00000144. The minimum absolute atomic E-state index is 0. The predicted octanol–water partition coefficient (Wildman–Crippen LogP) is 3.59. The summed E-state index contributed by atoms with van der Waals surface area (Å²) in [7, 11) is 6.03. The Hall–Kier alpha value is 1.03. The molecule has 1 saturated carbocycles. The Morgan fingerprint density at radius 2 is 2.18 bits per heavy atom. The fourth-order valence-electron chi connectivity index (χ4n) is 2.35. The summed E-state index contributed by atoms with van der Waals surface area (Å²) >= 11 is 12.3. The summed E-state index contributed by atoms with van der Waals surface area (Å²) in [6, 6.07) is 3.73. The molecule has 1 aliphatic rings. The van der Waals surface area contributed by atoms with Gasteiger partial charge in [-0.2, -0.15) is 6.07 Å². The Labute approximate surface area is 139 Å². The molecule has 0 aliphatic heterocycles. The standard InChI is InChI=1S/C12H14BCl2O.Y/c13-12-9(10(14)7-11(12)15)5-1-3-8-4-2-6-16-8;/h2,4,9-12H,1,3,5,7H2;/q-1;. The van der Waals surface area contributed by atoms with Crippen LogP contribution in [0.3, 0.4) is 0 Å². The van der Waals surface area contributed by atoms with E-state index in [9.17, 15) is 0 Å². The summed E-state index contributed by atoms with van der Waals surface area (Å²) in [4.78, 5) is 0. The van der Waals surface area contributed by atoms with Gasteiger partial charge in [0, 0.05) is 43.5 Å². The Bertz CT molecular complexity index is 320. The molecule has 1 heterocycles. The van der Waals surface area contributed by atoms with Crippen LogP contribution >= 0.6 is 23.2 Å². The fourth-order valence-corrected chi connectivity index (χ4v) is 3.30. The van der Waals surface area contributed by atoms with Gasteiger partial charge in [-0.05, 0) is 18.6 Å². The SMILES string of the molecule is [B]C1C(Cl)CC(Cl)C1CCCc1cc[c-]o1.[Y]. The van der Waals surface area contributed by atoms with Crippen molar-refractivity contribution in [2.75, 3.05) is 0 Å². The molecule has 1 aromatic rings. The number of furan rings is 1. The zero-order valence-electron chi connectivity index (χ0n) is 9.61. The van der Waals surface area contributed by atoms with Gasteiger partial charge in [-0.15, -0.1) is 29.3 Å².